The van der Waals surface area contributed by atoms with Gasteiger partial charge in [-0.15, -0.1) is 0 Å². The number of Topliss-reactive ketones (excluding diaryl/α,β-unsaturated/α-hetero) is 1. The lowest BCUT2D eigenvalue weighted by molar-refractivity contribution is -0.385. The molecule has 4 aromatic carbocycles. The molecule has 40 heavy (non-hydrogen) atoms. The van der Waals surface area contributed by atoms with Crippen LogP contribution in [0.4, 0.5) is 22.7 Å². The Labute approximate surface area is 225 Å². The minimum absolute atomic E-state index is 0.0388. The predicted octanol–water partition coefficient (Wildman–Crippen LogP) is 6.20. The summed E-state index contributed by atoms with van der Waals surface area (Å²) in [6.45, 7) is 1.23. The molecule has 0 saturated heterocycles. The second kappa shape index (κ2) is 10.1. The number of phenols is 1. The summed E-state index contributed by atoms with van der Waals surface area (Å²) < 4.78 is 5.90. The van der Waals surface area contributed by atoms with Crippen LogP contribution in [0.5, 0.6) is 5.75 Å². The summed E-state index contributed by atoms with van der Waals surface area (Å²) in [6.07, 6.45) is 0. The van der Waals surface area contributed by atoms with E-state index >= 15 is 0 Å². The molecule has 1 N–H and O–H groups in total. The number of nitro benzene ring substituents is 2. The summed E-state index contributed by atoms with van der Waals surface area (Å²) in [5.74, 6) is -1.68. The SMILES string of the molecule is CC(=O)c1c(O)c(N(C(=O)c2ccc([N+](=O)[O-])cc2)c2ccccc2)cc2oc(-c3ccc([N+](=O)[O-])cc3)nc12. The van der Waals surface area contributed by atoms with Gasteiger partial charge in [-0.3, -0.25) is 34.7 Å². The molecule has 1 aromatic heterocycles. The number of phenolic OH excluding ortho intramolecular Hbond substituents is 1. The number of rotatable bonds is 7. The number of nitrogens with zero attached hydrogens (tertiary/aromatic N) is 4. The van der Waals surface area contributed by atoms with E-state index in [-0.39, 0.29) is 45.2 Å². The highest BCUT2D eigenvalue weighted by atomic mass is 16.6. The van der Waals surface area contributed by atoms with Gasteiger partial charge in [0.15, 0.2) is 17.1 Å². The van der Waals surface area contributed by atoms with Crippen molar-refractivity contribution in [2.75, 3.05) is 4.90 Å². The number of hydrogen-bond acceptors (Lipinski definition) is 9. The van der Waals surface area contributed by atoms with Gasteiger partial charge in [0.25, 0.3) is 17.3 Å². The molecule has 0 saturated carbocycles. The van der Waals surface area contributed by atoms with Crippen LogP contribution in [0.25, 0.3) is 22.6 Å². The van der Waals surface area contributed by atoms with Gasteiger partial charge in [-0.1, -0.05) is 18.2 Å². The number of fused-ring (bicyclic) bond motifs is 1. The van der Waals surface area contributed by atoms with Gasteiger partial charge < -0.3 is 9.52 Å². The van der Waals surface area contributed by atoms with Crippen LogP contribution < -0.4 is 4.90 Å². The fraction of sp³-hybridized carbons (Fsp3) is 0.0357. The van der Waals surface area contributed by atoms with E-state index in [1.165, 1.54) is 61.5 Å². The van der Waals surface area contributed by atoms with Crippen LogP contribution in [0.2, 0.25) is 0 Å². The normalized spacial score (nSPS) is 10.8. The summed E-state index contributed by atoms with van der Waals surface area (Å²) in [6, 6.07) is 20.0. The third kappa shape index (κ3) is 4.60. The molecule has 0 spiro atoms. The molecule has 1 heterocycles. The van der Waals surface area contributed by atoms with Crippen molar-refractivity contribution in [1.29, 1.82) is 0 Å². The predicted molar refractivity (Wildman–Crippen MR) is 144 cm³/mol. The summed E-state index contributed by atoms with van der Waals surface area (Å²) in [5.41, 5.74) is 0.313. The van der Waals surface area contributed by atoms with Gasteiger partial charge in [0.1, 0.15) is 5.52 Å². The Balaban J connectivity index is 1.69. The molecular formula is C28H18N4O8. The Hall–Kier alpha value is -5.91. The number of ketones is 1. The van der Waals surface area contributed by atoms with Gasteiger partial charge in [0, 0.05) is 47.1 Å². The number of aromatic nitrogens is 1. The Morgan fingerprint density at radius 1 is 0.875 bits per heavy atom. The third-order valence-corrected chi connectivity index (χ3v) is 6.10. The second-order valence-electron chi connectivity index (χ2n) is 8.63. The van der Waals surface area contributed by atoms with Crippen LogP contribution in [-0.2, 0) is 0 Å². The molecule has 5 aromatic rings. The summed E-state index contributed by atoms with van der Waals surface area (Å²) in [7, 11) is 0. The van der Waals surface area contributed by atoms with Gasteiger partial charge in [-0.2, -0.15) is 0 Å². The van der Waals surface area contributed by atoms with Crippen LogP contribution in [0.15, 0.2) is 89.3 Å². The number of nitro groups is 2. The quantitative estimate of drug-likeness (QED) is 0.144. The van der Waals surface area contributed by atoms with Crippen LogP contribution in [0.1, 0.15) is 27.6 Å². The average Bonchev–Trinajstić information content (AvgIpc) is 3.37. The molecule has 0 aliphatic carbocycles. The van der Waals surface area contributed by atoms with Gasteiger partial charge in [0.05, 0.1) is 21.1 Å². The van der Waals surface area contributed by atoms with Crippen molar-refractivity contribution >= 4 is 45.5 Å². The highest BCUT2D eigenvalue weighted by molar-refractivity contribution is 6.16. The zero-order valence-corrected chi connectivity index (χ0v) is 20.7. The number of non-ortho nitro benzene ring substituents is 2. The molecule has 0 bridgehead atoms. The van der Waals surface area contributed by atoms with E-state index in [0.717, 1.165) is 4.90 Å². The van der Waals surface area contributed by atoms with Crippen LogP contribution in [0, 0.1) is 20.2 Å². The van der Waals surface area contributed by atoms with E-state index in [0.29, 0.717) is 11.3 Å². The minimum Gasteiger partial charge on any atom is -0.505 e. The monoisotopic (exact) mass is 538 g/mol. The van der Waals surface area contributed by atoms with E-state index in [2.05, 4.69) is 4.98 Å². The summed E-state index contributed by atoms with van der Waals surface area (Å²) >= 11 is 0. The van der Waals surface area contributed by atoms with E-state index in [4.69, 9.17) is 4.42 Å². The van der Waals surface area contributed by atoms with Gasteiger partial charge >= 0.3 is 0 Å². The molecule has 12 nitrogen and oxygen atoms in total. The molecular weight excluding hydrogens is 520 g/mol. The largest absolute Gasteiger partial charge is 0.505 e. The molecule has 0 aliphatic heterocycles. The number of oxazole rings is 1. The van der Waals surface area contributed by atoms with Crippen molar-refractivity contribution in [3.05, 3.63) is 116 Å². The Morgan fingerprint density at radius 3 is 2.00 bits per heavy atom. The maximum atomic E-state index is 13.8. The first-order valence-electron chi connectivity index (χ1n) is 11.7. The fourth-order valence-electron chi connectivity index (χ4n) is 4.19. The van der Waals surface area contributed by atoms with Crippen molar-refractivity contribution in [2.24, 2.45) is 0 Å². The molecule has 0 unspecified atom stereocenters. The molecule has 12 heteroatoms. The molecule has 0 radical (unpaired) electrons. The Bertz CT molecular complexity index is 1800. The van der Waals surface area contributed by atoms with E-state index < -0.39 is 27.3 Å². The maximum absolute atomic E-state index is 13.8. The molecule has 0 aliphatic rings. The number of amides is 1. The first-order chi connectivity index (χ1) is 19.2. The fourth-order valence-corrected chi connectivity index (χ4v) is 4.19. The van der Waals surface area contributed by atoms with Crippen molar-refractivity contribution in [3.63, 3.8) is 0 Å². The molecule has 1 amide bonds. The first kappa shape index (κ1) is 25.7. The number of para-hydroxylation sites is 1. The molecule has 5 rings (SSSR count). The van der Waals surface area contributed by atoms with Crippen LogP contribution in [0.3, 0.4) is 0 Å². The van der Waals surface area contributed by atoms with E-state index in [9.17, 15) is 34.9 Å². The lowest BCUT2D eigenvalue weighted by Gasteiger charge is -2.24. The highest BCUT2D eigenvalue weighted by Crippen LogP contribution is 2.42. The molecule has 0 atom stereocenters. The maximum Gasteiger partial charge on any atom is 0.269 e. The molecule has 198 valence electrons. The van der Waals surface area contributed by atoms with Crippen molar-refractivity contribution < 1.29 is 29.0 Å². The number of hydrogen-bond donors (Lipinski definition) is 1. The number of aromatic hydroxyl groups is 1. The van der Waals surface area contributed by atoms with Crippen molar-refractivity contribution in [3.8, 4) is 17.2 Å². The van der Waals surface area contributed by atoms with Gasteiger partial charge in [-0.05, 0) is 43.3 Å². The van der Waals surface area contributed by atoms with E-state index in [1.54, 1.807) is 30.3 Å². The number of anilines is 2. The second-order valence-corrected chi connectivity index (χ2v) is 8.63. The zero-order valence-electron chi connectivity index (χ0n) is 20.7. The minimum atomic E-state index is -0.639. The van der Waals surface area contributed by atoms with Crippen molar-refractivity contribution in [1.82, 2.24) is 4.98 Å². The first-order valence-corrected chi connectivity index (χ1v) is 11.7. The van der Waals surface area contributed by atoms with E-state index in [1.807, 2.05) is 0 Å². The Morgan fingerprint density at radius 2 is 1.45 bits per heavy atom. The highest BCUT2D eigenvalue weighted by Gasteiger charge is 2.29. The standard InChI is InChI=1S/C28H18N4O8/c1-16(33)24-25-23(40-27(29-25)17-7-11-20(12-8-17)31(36)37)15-22(26(24)34)30(19-5-3-2-4-6-19)28(35)18-9-13-21(14-10-18)32(38)39/h2-15,34H,1H3. The number of benzene rings is 4. The van der Waals surface area contributed by atoms with Crippen LogP contribution in [-0.4, -0.2) is 31.6 Å². The van der Waals surface area contributed by atoms with Crippen LogP contribution >= 0.6 is 0 Å². The third-order valence-electron chi connectivity index (χ3n) is 6.10. The number of carbonyl (C=O) groups is 2. The molecule has 0 fully saturated rings. The van der Waals surface area contributed by atoms with Gasteiger partial charge in [0.2, 0.25) is 5.89 Å². The Kier molecular flexibility index (Phi) is 6.49. The summed E-state index contributed by atoms with van der Waals surface area (Å²) in [4.78, 5) is 53.0. The number of carbonyl (C=O) groups excluding carboxylic acids is 2. The van der Waals surface area contributed by atoms with Crippen molar-refractivity contribution in [2.45, 2.75) is 6.92 Å². The summed E-state index contributed by atoms with van der Waals surface area (Å²) in [5, 5.41) is 33.4. The van der Waals surface area contributed by atoms with Gasteiger partial charge in [-0.25, -0.2) is 4.98 Å². The lowest BCUT2D eigenvalue weighted by Crippen LogP contribution is -2.26. The zero-order chi connectivity index (χ0) is 28.6. The average molecular weight is 538 g/mol. The smallest absolute Gasteiger partial charge is 0.269 e. The topological polar surface area (TPSA) is 170 Å². The lowest BCUT2D eigenvalue weighted by atomic mass is 10.0.